The Balaban J connectivity index is 1.47. The number of anilines is 1. The van der Waals surface area contributed by atoms with Gasteiger partial charge in [0.2, 0.25) is 5.79 Å². The van der Waals surface area contributed by atoms with Gasteiger partial charge >= 0.3 is 6.03 Å². The van der Waals surface area contributed by atoms with Crippen molar-refractivity contribution in [2.24, 2.45) is 11.6 Å². The zero-order chi connectivity index (χ0) is 22.7. The lowest BCUT2D eigenvalue weighted by atomic mass is 10.1. The topological polar surface area (TPSA) is 109 Å². The van der Waals surface area contributed by atoms with E-state index in [1.165, 1.54) is 0 Å². The number of imidazole rings is 1. The van der Waals surface area contributed by atoms with Gasteiger partial charge in [-0.1, -0.05) is 29.3 Å². The molecule has 4 N–H and O–H groups in total. The number of carbonyl (C=O) groups excluding carboxylic acids is 1. The summed E-state index contributed by atoms with van der Waals surface area (Å²) >= 11 is 14.2. The quantitative estimate of drug-likeness (QED) is 0.222. The number of amides is 2. The predicted octanol–water partition coefficient (Wildman–Crippen LogP) is 4.01. The molecule has 1 aromatic heterocycles. The minimum Gasteiger partial charge on any atom is -0.350 e. The number of nitrogens with zero attached hydrogens (tertiary/aromatic N) is 3. The van der Waals surface area contributed by atoms with E-state index >= 15 is 0 Å². The van der Waals surface area contributed by atoms with Crippen LogP contribution in [0.1, 0.15) is 5.56 Å². The molecule has 1 aliphatic rings. The maximum Gasteiger partial charge on any atom is 0.333 e. The van der Waals surface area contributed by atoms with Crippen LogP contribution >= 0.6 is 35.0 Å². The van der Waals surface area contributed by atoms with Gasteiger partial charge in [-0.25, -0.2) is 20.6 Å². The van der Waals surface area contributed by atoms with E-state index in [4.69, 9.17) is 44.3 Å². The molecule has 0 saturated carbocycles. The summed E-state index contributed by atoms with van der Waals surface area (Å²) in [5, 5.41) is 1.91. The number of urea groups is 1. The highest BCUT2D eigenvalue weighted by Crippen LogP contribution is 2.41. The Labute approximate surface area is 199 Å². The number of hydrazine groups is 1. The minimum absolute atomic E-state index is 0.174. The van der Waals surface area contributed by atoms with E-state index in [9.17, 15) is 4.79 Å². The summed E-state index contributed by atoms with van der Waals surface area (Å²) in [6.45, 7) is 0.792. The summed E-state index contributed by atoms with van der Waals surface area (Å²) in [5.41, 5.74) is 6.42. The second kappa shape index (κ2) is 9.70. The molecule has 11 heteroatoms. The van der Waals surface area contributed by atoms with Crippen molar-refractivity contribution in [1.82, 2.24) is 9.55 Å². The van der Waals surface area contributed by atoms with Gasteiger partial charge in [0, 0.05) is 33.6 Å². The Morgan fingerprint density at radius 3 is 2.72 bits per heavy atom. The van der Waals surface area contributed by atoms with Crippen molar-refractivity contribution in [2.75, 3.05) is 17.4 Å². The third-order valence-electron chi connectivity index (χ3n) is 4.94. The van der Waals surface area contributed by atoms with Gasteiger partial charge < -0.3 is 19.8 Å². The molecule has 32 heavy (non-hydrogen) atoms. The smallest absolute Gasteiger partial charge is 0.333 e. The molecule has 1 aliphatic heterocycles. The number of hydrogen-bond acceptors (Lipinski definition) is 6. The van der Waals surface area contributed by atoms with Crippen LogP contribution in [0.25, 0.3) is 0 Å². The Hall–Kier alpha value is -2.27. The number of halogens is 2. The number of rotatable bonds is 7. The standard InChI is InChI=1S/C21H21Cl2N5O3S/c22-14-1-6-18(19(23)9-14)21(12-27-8-7-26-13-27)30-10-16(31-21)11-32-17-4-2-15(3-5-17)28(25)20(24)29/h1-9,13,16H,10-12,25H2,(H2,24,29). The molecule has 2 aromatic carbocycles. The number of hydrogen-bond donors (Lipinski definition) is 2. The number of benzene rings is 2. The van der Waals surface area contributed by atoms with Gasteiger partial charge in [0.1, 0.15) is 0 Å². The molecule has 2 atom stereocenters. The molecular formula is C21H21Cl2N5O3S. The van der Waals surface area contributed by atoms with E-state index in [0.29, 0.717) is 40.2 Å². The van der Waals surface area contributed by atoms with Crippen molar-refractivity contribution in [2.45, 2.75) is 23.3 Å². The molecule has 0 bridgehead atoms. The molecule has 8 nitrogen and oxygen atoms in total. The molecule has 2 heterocycles. The lowest BCUT2D eigenvalue weighted by Crippen LogP contribution is -2.41. The first-order chi connectivity index (χ1) is 15.4. The second-order valence-corrected chi connectivity index (χ2v) is 9.11. The highest BCUT2D eigenvalue weighted by molar-refractivity contribution is 7.99. The number of primary amides is 1. The molecule has 0 radical (unpaired) electrons. The number of thioether (sulfide) groups is 1. The summed E-state index contributed by atoms with van der Waals surface area (Å²) in [6.07, 6.45) is 5.07. The van der Waals surface area contributed by atoms with Crippen LogP contribution in [-0.2, 0) is 21.8 Å². The number of carbonyl (C=O) groups is 1. The van der Waals surface area contributed by atoms with Crippen LogP contribution < -0.4 is 16.6 Å². The molecule has 0 aliphatic carbocycles. The molecule has 168 valence electrons. The van der Waals surface area contributed by atoms with Crippen LogP contribution in [0.3, 0.4) is 0 Å². The third kappa shape index (κ3) is 5.03. The van der Waals surface area contributed by atoms with Gasteiger partial charge in [-0.05, 0) is 36.4 Å². The molecule has 1 saturated heterocycles. The van der Waals surface area contributed by atoms with Crippen molar-refractivity contribution in [1.29, 1.82) is 0 Å². The molecule has 2 unspecified atom stereocenters. The van der Waals surface area contributed by atoms with Crippen LogP contribution in [0.5, 0.6) is 0 Å². The van der Waals surface area contributed by atoms with E-state index in [0.717, 1.165) is 9.90 Å². The van der Waals surface area contributed by atoms with Gasteiger partial charge in [0.15, 0.2) is 0 Å². The first-order valence-corrected chi connectivity index (χ1v) is 11.4. The summed E-state index contributed by atoms with van der Waals surface area (Å²) < 4.78 is 14.5. The van der Waals surface area contributed by atoms with E-state index in [2.05, 4.69) is 4.98 Å². The van der Waals surface area contributed by atoms with Crippen molar-refractivity contribution < 1.29 is 14.3 Å². The van der Waals surface area contributed by atoms with Gasteiger partial charge in [0.25, 0.3) is 0 Å². The fourth-order valence-corrected chi connectivity index (χ4v) is 4.82. The van der Waals surface area contributed by atoms with E-state index in [-0.39, 0.29) is 6.10 Å². The summed E-state index contributed by atoms with van der Waals surface area (Å²) in [4.78, 5) is 16.3. The van der Waals surface area contributed by atoms with Crippen LogP contribution in [0, 0.1) is 0 Å². The minimum atomic E-state index is -1.06. The average molecular weight is 494 g/mol. The normalized spacial score (nSPS) is 20.4. The van der Waals surface area contributed by atoms with Crippen LogP contribution in [-0.4, -0.2) is 34.0 Å². The average Bonchev–Trinajstić information content (AvgIpc) is 3.43. The highest BCUT2D eigenvalue weighted by Gasteiger charge is 2.45. The molecule has 1 fully saturated rings. The second-order valence-electron chi connectivity index (χ2n) is 7.18. The van der Waals surface area contributed by atoms with Crippen molar-refractivity contribution in [3.05, 3.63) is 76.8 Å². The van der Waals surface area contributed by atoms with Crippen LogP contribution in [0.4, 0.5) is 10.5 Å². The zero-order valence-corrected chi connectivity index (χ0v) is 19.2. The van der Waals surface area contributed by atoms with E-state index in [1.54, 1.807) is 48.6 Å². The van der Waals surface area contributed by atoms with E-state index < -0.39 is 11.8 Å². The molecule has 2 amide bonds. The van der Waals surface area contributed by atoms with Crippen molar-refractivity contribution in [3.8, 4) is 0 Å². The molecule has 4 rings (SSSR count). The lowest BCUT2D eigenvalue weighted by Gasteiger charge is -2.30. The fraction of sp³-hybridized carbons (Fsp3) is 0.238. The monoisotopic (exact) mass is 493 g/mol. The number of aromatic nitrogens is 2. The third-order valence-corrected chi connectivity index (χ3v) is 6.63. The van der Waals surface area contributed by atoms with Crippen molar-refractivity contribution >= 4 is 46.7 Å². The van der Waals surface area contributed by atoms with Crippen LogP contribution in [0.2, 0.25) is 10.0 Å². The summed E-state index contributed by atoms with van der Waals surface area (Å²) in [6, 6.07) is 11.7. The van der Waals surface area contributed by atoms with Crippen LogP contribution in [0.15, 0.2) is 66.1 Å². The predicted molar refractivity (Wildman–Crippen MR) is 125 cm³/mol. The lowest BCUT2D eigenvalue weighted by molar-refractivity contribution is -0.184. The Kier molecular flexibility index (Phi) is 6.94. The number of nitrogens with two attached hydrogens (primary N) is 2. The first kappa shape index (κ1) is 22.9. The molecular weight excluding hydrogens is 473 g/mol. The first-order valence-electron chi connectivity index (χ1n) is 9.66. The van der Waals surface area contributed by atoms with Gasteiger partial charge in [-0.2, -0.15) is 0 Å². The maximum absolute atomic E-state index is 11.2. The van der Waals surface area contributed by atoms with Crippen molar-refractivity contribution in [3.63, 3.8) is 0 Å². The molecule has 0 spiro atoms. The Morgan fingerprint density at radius 1 is 1.28 bits per heavy atom. The summed E-state index contributed by atoms with van der Waals surface area (Å²) in [5.74, 6) is 5.21. The van der Waals surface area contributed by atoms with Gasteiger partial charge in [0.05, 0.1) is 36.3 Å². The zero-order valence-electron chi connectivity index (χ0n) is 16.9. The van der Waals surface area contributed by atoms with Gasteiger partial charge in [-0.15, -0.1) is 11.8 Å². The van der Waals surface area contributed by atoms with Gasteiger partial charge in [-0.3, -0.25) is 0 Å². The fourth-order valence-electron chi connectivity index (χ4n) is 3.39. The SMILES string of the molecule is NC(=O)N(N)c1ccc(SCC2COC(Cn3ccnc3)(c3ccc(Cl)cc3Cl)O2)cc1. The maximum atomic E-state index is 11.2. The Morgan fingerprint density at radius 2 is 2.06 bits per heavy atom. The largest absolute Gasteiger partial charge is 0.350 e. The number of ether oxygens (including phenoxy) is 2. The van der Waals surface area contributed by atoms with E-state index in [1.807, 2.05) is 29.0 Å². The highest BCUT2D eigenvalue weighted by atomic mass is 35.5. The molecule has 3 aromatic rings. The summed E-state index contributed by atoms with van der Waals surface area (Å²) in [7, 11) is 0. The Bertz CT molecular complexity index is 1080.